The van der Waals surface area contributed by atoms with Gasteiger partial charge in [-0.05, 0) is 70.7 Å². The van der Waals surface area contributed by atoms with Crippen LogP contribution in [0.5, 0.6) is 0 Å². The zero-order valence-electron chi connectivity index (χ0n) is 28.3. The van der Waals surface area contributed by atoms with E-state index in [0.29, 0.717) is 24.8 Å². The monoisotopic (exact) mass is 633 g/mol. The van der Waals surface area contributed by atoms with Crippen molar-refractivity contribution < 1.29 is 23.6 Å². The number of ether oxygens (including phenoxy) is 1. The maximum atomic E-state index is 13.8. The third-order valence-corrected chi connectivity index (χ3v) is 7.89. The van der Waals surface area contributed by atoms with E-state index in [2.05, 4.69) is 27.6 Å². The Balaban J connectivity index is 1.49. The third-order valence-electron chi connectivity index (χ3n) is 7.89. The molecule has 46 heavy (non-hydrogen) atoms. The molecule has 0 saturated heterocycles. The Kier molecular flexibility index (Phi) is 11.0. The number of carbonyl (C=O) groups excluding carboxylic acids is 3. The minimum atomic E-state index is -0.665. The van der Waals surface area contributed by atoms with Crippen molar-refractivity contribution in [3.8, 4) is 11.4 Å². The smallest absolute Gasteiger partial charge is 0.410 e. The maximum absolute atomic E-state index is 13.8. The van der Waals surface area contributed by atoms with Gasteiger partial charge in [-0.15, -0.1) is 0 Å². The number of hydrogen-bond donors (Lipinski definition) is 1. The molecule has 0 fully saturated rings. The number of nitrogens with zero attached hydrogens (tertiary/aromatic N) is 6. The zero-order valence-corrected chi connectivity index (χ0v) is 28.3. The summed E-state index contributed by atoms with van der Waals surface area (Å²) in [5.74, 6) is 0.421. The van der Waals surface area contributed by atoms with Gasteiger partial charge in [0.2, 0.25) is 17.6 Å². The van der Waals surface area contributed by atoms with Crippen LogP contribution in [-0.2, 0) is 27.3 Å². The van der Waals surface area contributed by atoms with Crippen molar-refractivity contribution in [1.82, 2.24) is 30.0 Å². The van der Waals surface area contributed by atoms with Crippen LogP contribution >= 0.6 is 0 Å². The van der Waals surface area contributed by atoms with Gasteiger partial charge in [0.15, 0.2) is 0 Å². The number of nitrogens with one attached hydrogen (secondary N) is 1. The number of amides is 3. The molecule has 12 nitrogen and oxygen atoms in total. The molecule has 2 heterocycles. The molecule has 0 bridgehead atoms. The van der Waals surface area contributed by atoms with Gasteiger partial charge in [0.1, 0.15) is 12.1 Å². The summed E-state index contributed by atoms with van der Waals surface area (Å²) in [7, 11) is 1.74. The number of benzene rings is 2. The largest absolute Gasteiger partial charge is 0.444 e. The predicted octanol–water partition coefficient (Wildman–Crippen LogP) is 4.67. The predicted molar refractivity (Wildman–Crippen MR) is 176 cm³/mol. The molecule has 1 N–H and O–H groups in total. The molecule has 0 spiro atoms. The van der Waals surface area contributed by atoms with Crippen LogP contribution in [0.1, 0.15) is 57.2 Å². The SMILES string of the molecule is Cc1nc(-c2ccc(C)c(NCC(=O)N(CCN(C(=O)OC(C)(C)C)C(C)C)CC(=O)N(C)N3CCc4ccccc4C3)c2)no1. The first-order valence-electron chi connectivity index (χ1n) is 15.7. The normalized spacial score (nSPS) is 13.2. The standard InChI is InChI=1S/C34H47N7O5/c1-23(2)41(33(44)45-34(5,6)7)18-17-39(22-31(43)38(8)40-16-15-26-11-9-10-12-28(26)21-40)30(42)20-35-29-19-27(14-13-24(29)3)32-36-25(4)46-37-32/h9-14,19,23,35H,15-18,20-22H2,1-8H3. The number of carbonyl (C=O) groups is 3. The van der Waals surface area contributed by atoms with E-state index in [-0.39, 0.29) is 44.0 Å². The van der Waals surface area contributed by atoms with Crippen LogP contribution in [0.3, 0.4) is 0 Å². The molecule has 1 aromatic heterocycles. The van der Waals surface area contributed by atoms with Gasteiger partial charge in [0.05, 0.1) is 6.54 Å². The second-order valence-electron chi connectivity index (χ2n) is 12.9. The Bertz CT molecular complexity index is 1530. The lowest BCUT2D eigenvalue weighted by Gasteiger charge is -2.37. The van der Waals surface area contributed by atoms with Gasteiger partial charge in [0, 0.05) is 57.4 Å². The minimum Gasteiger partial charge on any atom is -0.444 e. The summed E-state index contributed by atoms with van der Waals surface area (Å²) in [6.07, 6.45) is 0.370. The van der Waals surface area contributed by atoms with E-state index >= 15 is 0 Å². The Morgan fingerprint density at radius 3 is 2.41 bits per heavy atom. The van der Waals surface area contributed by atoms with E-state index < -0.39 is 11.7 Å². The van der Waals surface area contributed by atoms with Crippen LogP contribution < -0.4 is 5.32 Å². The summed E-state index contributed by atoms with van der Waals surface area (Å²) in [4.78, 5) is 47.8. The Morgan fingerprint density at radius 1 is 1.04 bits per heavy atom. The van der Waals surface area contributed by atoms with Gasteiger partial charge < -0.3 is 24.4 Å². The molecule has 12 heteroatoms. The molecule has 248 valence electrons. The van der Waals surface area contributed by atoms with Gasteiger partial charge in [-0.25, -0.2) is 9.80 Å². The molecular formula is C34H47N7O5. The number of aromatic nitrogens is 2. The van der Waals surface area contributed by atoms with E-state index in [4.69, 9.17) is 9.26 Å². The number of anilines is 1. The summed E-state index contributed by atoms with van der Waals surface area (Å²) in [6, 6.07) is 13.7. The molecule has 3 aromatic rings. The van der Waals surface area contributed by atoms with Crippen molar-refractivity contribution in [2.45, 2.75) is 73.1 Å². The van der Waals surface area contributed by atoms with Crippen LogP contribution in [0.25, 0.3) is 11.4 Å². The van der Waals surface area contributed by atoms with E-state index in [0.717, 1.165) is 23.2 Å². The molecule has 4 rings (SSSR count). The fourth-order valence-electron chi connectivity index (χ4n) is 5.21. The first-order chi connectivity index (χ1) is 21.7. The van der Waals surface area contributed by atoms with Crippen LogP contribution in [-0.4, -0.2) is 99.3 Å². The van der Waals surface area contributed by atoms with Gasteiger partial charge in [-0.3, -0.25) is 14.6 Å². The Morgan fingerprint density at radius 2 is 1.76 bits per heavy atom. The number of aryl methyl sites for hydroxylation is 2. The number of hydrogen-bond acceptors (Lipinski definition) is 9. The van der Waals surface area contributed by atoms with Crippen molar-refractivity contribution in [3.05, 3.63) is 65.0 Å². The average Bonchev–Trinajstić information content (AvgIpc) is 3.44. The molecule has 2 aromatic carbocycles. The van der Waals surface area contributed by atoms with E-state index in [1.165, 1.54) is 16.0 Å². The molecule has 0 saturated carbocycles. The second kappa shape index (κ2) is 14.8. The summed E-state index contributed by atoms with van der Waals surface area (Å²) in [5, 5.41) is 10.8. The van der Waals surface area contributed by atoms with Crippen molar-refractivity contribution in [2.24, 2.45) is 0 Å². The van der Waals surface area contributed by atoms with Gasteiger partial charge in [-0.1, -0.05) is 41.6 Å². The zero-order chi connectivity index (χ0) is 33.6. The van der Waals surface area contributed by atoms with Crippen molar-refractivity contribution in [3.63, 3.8) is 0 Å². The topological polar surface area (TPSA) is 124 Å². The molecule has 3 amide bonds. The van der Waals surface area contributed by atoms with Crippen molar-refractivity contribution >= 4 is 23.6 Å². The summed E-state index contributed by atoms with van der Waals surface area (Å²) >= 11 is 0. The molecule has 0 aliphatic carbocycles. The van der Waals surface area contributed by atoms with E-state index in [1.807, 2.05) is 76.9 Å². The first-order valence-corrected chi connectivity index (χ1v) is 15.7. The molecule has 1 aliphatic heterocycles. The maximum Gasteiger partial charge on any atom is 0.410 e. The van der Waals surface area contributed by atoms with Gasteiger partial charge in [-0.2, -0.15) is 4.98 Å². The molecule has 0 unspecified atom stereocenters. The lowest BCUT2D eigenvalue weighted by atomic mass is 10.0. The summed E-state index contributed by atoms with van der Waals surface area (Å²) < 4.78 is 10.7. The first kappa shape index (κ1) is 34.4. The van der Waals surface area contributed by atoms with Crippen LogP contribution in [0.2, 0.25) is 0 Å². The van der Waals surface area contributed by atoms with Crippen LogP contribution in [0.4, 0.5) is 10.5 Å². The lowest BCUT2D eigenvalue weighted by Crippen LogP contribution is -2.52. The fraction of sp³-hybridized carbons (Fsp3) is 0.500. The van der Waals surface area contributed by atoms with Crippen LogP contribution in [0, 0.1) is 13.8 Å². The third kappa shape index (κ3) is 9.06. The molecular weight excluding hydrogens is 586 g/mol. The quantitative estimate of drug-likeness (QED) is 0.321. The molecule has 0 radical (unpaired) electrons. The second-order valence-corrected chi connectivity index (χ2v) is 12.9. The number of likely N-dealkylation sites (N-methyl/N-ethyl adjacent to an activating group) is 1. The number of rotatable bonds is 11. The highest BCUT2D eigenvalue weighted by Gasteiger charge is 2.28. The van der Waals surface area contributed by atoms with Crippen molar-refractivity contribution in [1.29, 1.82) is 0 Å². The Labute approximate surface area is 271 Å². The number of fused-ring (bicyclic) bond motifs is 1. The average molecular weight is 634 g/mol. The van der Waals surface area contributed by atoms with Crippen molar-refractivity contribution in [2.75, 3.05) is 45.1 Å². The summed E-state index contributed by atoms with van der Waals surface area (Å²) in [6.45, 7) is 14.4. The summed E-state index contributed by atoms with van der Waals surface area (Å²) in [5.41, 5.74) is 4.22. The fourth-order valence-corrected chi connectivity index (χ4v) is 5.21. The Hall–Kier alpha value is -4.45. The minimum absolute atomic E-state index is 0.0578. The van der Waals surface area contributed by atoms with E-state index in [1.54, 1.807) is 23.9 Å². The highest BCUT2D eigenvalue weighted by atomic mass is 16.6. The van der Waals surface area contributed by atoms with Gasteiger partial charge in [0.25, 0.3) is 5.91 Å². The highest BCUT2D eigenvalue weighted by molar-refractivity contribution is 5.87. The van der Waals surface area contributed by atoms with Gasteiger partial charge >= 0.3 is 6.09 Å². The van der Waals surface area contributed by atoms with Crippen LogP contribution in [0.15, 0.2) is 47.0 Å². The van der Waals surface area contributed by atoms with E-state index in [9.17, 15) is 14.4 Å². The lowest BCUT2D eigenvalue weighted by molar-refractivity contribution is -0.151. The molecule has 0 atom stereocenters. The molecule has 1 aliphatic rings. The number of hydrazine groups is 1. The highest BCUT2D eigenvalue weighted by Crippen LogP contribution is 2.24.